The Labute approximate surface area is 107 Å². The zero-order chi connectivity index (χ0) is 11.5. The minimum absolute atomic E-state index is 0. The molecule has 5 heteroatoms. The van der Waals surface area contributed by atoms with Crippen LogP contribution >= 0.6 is 12.4 Å². The van der Waals surface area contributed by atoms with Gasteiger partial charge < -0.3 is 15.5 Å². The van der Waals surface area contributed by atoms with Gasteiger partial charge in [0.15, 0.2) is 0 Å². The molecule has 0 spiro atoms. The van der Waals surface area contributed by atoms with Crippen molar-refractivity contribution in [1.29, 1.82) is 0 Å². The van der Waals surface area contributed by atoms with Crippen LogP contribution in [0.25, 0.3) is 0 Å². The normalized spacial score (nSPS) is 19.8. The fourth-order valence-electron chi connectivity index (χ4n) is 2.27. The molecule has 1 atom stereocenters. The van der Waals surface area contributed by atoms with Crippen LogP contribution < -0.4 is 5.32 Å². The SMILES string of the molecule is Cc1ncc(CO)c([C@H]2CCCCN2)c1O.Cl. The van der Waals surface area contributed by atoms with Crippen LogP contribution in [0.15, 0.2) is 6.20 Å². The summed E-state index contributed by atoms with van der Waals surface area (Å²) in [7, 11) is 0. The van der Waals surface area contributed by atoms with Gasteiger partial charge in [-0.1, -0.05) is 6.42 Å². The van der Waals surface area contributed by atoms with Crippen molar-refractivity contribution in [3.8, 4) is 5.75 Å². The number of aromatic nitrogens is 1. The van der Waals surface area contributed by atoms with Gasteiger partial charge in [-0.05, 0) is 26.3 Å². The fourth-order valence-corrected chi connectivity index (χ4v) is 2.27. The molecule has 0 aromatic carbocycles. The Morgan fingerprint density at radius 3 is 2.82 bits per heavy atom. The van der Waals surface area contributed by atoms with Gasteiger partial charge in [-0.2, -0.15) is 0 Å². The zero-order valence-electron chi connectivity index (χ0n) is 9.94. The van der Waals surface area contributed by atoms with Gasteiger partial charge >= 0.3 is 0 Å². The van der Waals surface area contributed by atoms with Crippen molar-refractivity contribution < 1.29 is 10.2 Å². The summed E-state index contributed by atoms with van der Waals surface area (Å²) >= 11 is 0. The van der Waals surface area contributed by atoms with Gasteiger partial charge in [0.1, 0.15) is 5.75 Å². The predicted molar refractivity (Wildman–Crippen MR) is 68.4 cm³/mol. The van der Waals surface area contributed by atoms with Crippen molar-refractivity contribution in [3.63, 3.8) is 0 Å². The number of aromatic hydroxyl groups is 1. The first-order chi connectivity index (χ1) is 7.74. The van der Waals surface area contributed by atoms with E-state index in [1.165, 1.54) is 6.42 Å². The number of aryl methyl sites for hydroxylation is 1. The van der Waals surface area contributed by atoms with Crippen molar-refractivity contribution in [2.24, 2.45) is 0 Å². The maximum atomic E-state index is 10.0. The molecule has 1 aliphatic heterocycles. The van der Waals surface area contributed by atoms with Crippen LogP contribution in [0, 0.1) is 6.92 Å². The first kappa shape index (κ1) is 14.2. The van der Waals surface area contributed by atoms with Gasteiger partial charge in [0.2, 0.25) is 0 Å². The molecule has 17 heavy (non-hydrogen) atoms. The molecule has 2 rings (SSSR count). The Morgan fingerprint density at radius 2 is 2.24 bits per heavy atom. The highest BCUT2D eigenvalue weighted by Gasteiger charge is 2.22. The molecule has 0 aliphatic carbocycles. The third kappa shape index (κ3) is 2.89. The Kier molecular flexibility index (Phi) is 5.18. The Bertz CT molecular complexity index is 379. The molecule has 96 valence electrons. The lowest BCUT2D eigenvalue weighted by Crippen LogP contribution is -2.28. The summed E-state index contributed by atoms with van der Waals surface area (Å²) in [6, 6.07) is 0.151. The van der Waals surface area contributed by atoms with E-state index < -0.39 is 0 Å². The summed E-state index contributed by atoms with van der Waals surface area (Å²) in [5.41, 5.74) is 2.18. The van der Waals surface area contributed by atoms with E-state index in [1.807, 2.05) is 0 Å². The molecule has 1 fully saturated rings. The lowest BCUT2D eigenvalue weighted by Gasteiger charge is -2.26. The highest BCUT2D eigenvalue weighted by molar-refractivity contribution is 5.85. The second kappa shape index (κ2) is 6.19. The van der Waals surface area contributed by atoms with E-state index in [0.717, 1.165) is 30.5 Å². The monoisotopic (exact) mass is 258 g/mol. The summed E-state index contributed by atoms with van der Waals surface area (Å²) in [5.74, 6) is 0.228. The number of rotatable bonds is 2. The van der Waals surface area contributed by atoms with E-state index in [1.54, 1.807) is 13.1 Å². The summed E-state index contributed by atoms with van der Waals surface area (Å²) < 4.78 is 0. The van der Waals surface area contributed by atoms with Crippen LogP contribution in [0.2, 0.25) is 0 Å². The Morgan fingerprint density at radius 1 is 1.47 bits per heavy atom. The predicted octanol–water partition coefficient (Wildman–Crippen LogP) is 1.82. The van der Waals surface area contributed by atoms with Crippen molar-refractivity contribution in [2.75, 3.05) is 6.54 Å². The Balaban J connectivity index is 0.00000144. The van der Waals surface area contributed by atoms with Gasteiger partial charge in [-0.3, -0.25) is 4.98 Å². The van der Waals surface area contributed by atoms with E-state index in [0.29, 0.717) is 5.69 Å². The molecule has 4 nitrogen and oxygen atoms in total. The van der Waals surface area contributed by atoms with Crippen LogP contribution in [0.3, 0.4) is 0 Å². The third-order valence-electron chi connectivity index (χ3n) is 3.19. The van der Waals surface area contributed by atoms with E-state index in [9.17, 15) is 10.2 Å². The van der Waals surface area contributed by atoms with Gasteiger partial charge in [0.25, 0.3) is 0 Å². The Hall–Kier alpha value is -0.840. The van der Waals surface area contributed by atoms with Crippen molar-refractivity contribution in [3.05, 3.63) is 23.0 Å². The summed E-state index contributed by atoms with van der Waals surface area (Å²) in [4.78, 5) is 4.07. The topological polar surface area (TPSA) is 65.4 Å². The molecule has 1 aromatic rings. The minimum atomic E-state index is -0.0750. The summed E-state index contributed by atoms with van der Waals surface area (Å²) in [6.45, 7) is 2.67. The number of nitrogens with zero attached hydrogens (tertiary/aromatic N) is 1. The summed E-state index contributed by atoms with van der Waals surface area (Å²) in [6.07, 6.45) is 4.99. The smallest absolute Gasteiger partial charge is 0.141 e. The molecule has 0 radical (unpaired) electrons. The van der Waals surface area contributed by atoms with Crippen LogP contribution in [-0.2, 0) is 6.61 Å². The van der Waals surface area contributed by atoms with Crippen LogP contribution in [-0.4, -0.2) is 21.7 Å². The number of piperidine rings is 1. The number of aliphatic hydroxyl groups is 1. The lowest BCUT2D eigenvalue weighted by atomic mass is 9.93. The van der Waals surface area contributed by atoms with Crippen molar-refractivity contribution in [2.45, 2.75) is 38.8 Å². The number of nitrogens with one attached hydrogen (secondary N) is 1. The van der Waals surface area contributed by atoms with Crippen LogP contribution in [0.4, 0.5) is 0 Å². The van der Waals surface area contributed by atoms with E-state index in [4.69, 9.17) is 0 Å². The average Bonchev–Trinajstić information content (AvgIpc) is 2.33. The molecule has 2 heterocycles. The quantitative estimate of drug-likeness (QED) is 0.757. The number of aliphatic hydroxyl groups excluding tert-OH is 1. The van der Waals surface area contributed by atoms with E-state index in [2.05, 4.69) is 10.3 Å². The molecule has 1 aliphatic rings. The minimum Gasteiger partial charge on any atom is -0.506 e. The van der Waals surface area contributed by atoms with Gasteiger partial charge in [0.05, 0.1) is 12.3 Å². The maximum Gasteiger partial charge on any atom is 0.141 e. The molecule has 1 saturated heterocycles. The molecular weight excluding hydrogens is 240 g/mol. The van der Waals surface area contributed by atoms with Crippen molar-refractivity contribution in [1.82, 2.24) is 10.3 Å². The molecule has 0 unspecified atom stereocenters. The second-order valence-corrected chi connectivity index (χ2v) is 4.29. The highest BCUT2D eigenvalue weighted by Crippen LogP contribution is 2.33. The molecule has 0 bridgehead atoms. The van der Waals surface area contributed by atoms with Gasteiger partial charge in [-0.15, -0.1) is 12.4 Å². The van der Waals surface area contributed by atoms with Crippen LogP contribution in [0.1, 0.15) is 42.1 Å². The largest absolute Gasteiger partial charge is 0.506 e. The van der Waals surface area contributed by atoms with Crippen LogP contribution in [0.5, 0.6) is 5.75 Å². The first-order valence-electron chi connectivity index (χ1n) is 5.75. The molecule has 0 saturated carbocycles. The second-order valence-electron chi connectivity index (χ2n) is 4.29. The van der Waals surface area contributed by atoms with E-state index in [-0.39, 0.29) is 30.8 Å². The molecule has 3 N–H and O–H groups in total. The number of pyridine rings is 1. The molecular formula is C12H19ClN2O2. The van der Waals surface area contributed by atoms with Gasteiger partial charge in [-0.25, -0.2) is 0 Å². The number of hydrogen-bond acceptors (Lipinski definition) is 4. The van der Waals surface area contributed by atoms with Gasteiger partial charge in [0, 0.05) is 23.4 Å². The maximum absolute atomic E-state index is 10.0. The number of halogens is 1. The molecule has 1 aromatic heterocycles. The standard InChI is InChI=1S/C12H18N2O2.ClH/c1-8-12(16)11(9(7-15)6-14-8)10-4-2-3-5-13-10;/h6,10,13,15-16H,2-5,7H2,1H3;1H/t10-;/m1./s1. The zero-order valence-corrected chi connectivity index (χ0v) is 10.8. The average molecular weight is 259 g/mol. The highest BCUT2D eigenvalue weighted by atomic mass is 35.5. The fraction of sp³-hybridized carbons (Fsp3) is 0.583. The third-order valence-corrected chi connectivity index (χ3v) is 3.19. The van der Waals surface area contributed by atoms with Crippen molar-refractivity contribution >= 4 is 12.4 Å². The molecule has 0 amide bonds. The lowest BCUT2D eigenvalue weighted by molar-refractivity contribution is 0.275. The summed E-state index contributed by atoms with van der Waals surface area (Å²) in [5, 5.41) is 22.7. The number of hydrogen-bond donors (Lipinski definition) is 3. The van der Waals surface area contributed by atoms with E-state index >= 15 is 0 Å². The first-order valence-corrected chi connectivity index (χ1v) is 5.75.